The van der Waals surface area contributed by atoms with Crippen LogP contribution >= 0.6 is 11.3 Å². The van der Waals surface area contributed by atoms with Crippen molar-refractivity contribution in [2.45, 2.75) is 72.7 Å². The van der Waals surface area contributed by atoms with E-state index < -0.39 is 23.6 Å². The van der Waals surface area contributed by atoms with Gasteiger partial charge in [-0.2, -0.15) is 0 Å². The van der Waals surface area contributed by atoms with Gasteiger partial charge >= 0.3 is 0 Å². The maximum atomic E-state index is 13.4. The monoisotopic (exact) mass is 500 g/mol. The lowest BCUT2D eigenvalue weighted by molar-refractivity contribution is -0.143. The van der Waals surface area contributed by atoms with E-state index in [1.54, 1.807) is 32.1 Å². The van der Waals surface area contributed by atoms with E-state index in [2.05, 4.69) is 15.6 Å². The topological polar surface area (TPSA) is 112 Å². The molecule has 1 aromatic carbocycles. The molecule has 3 rings (SSSR count). The number of thiazole rings is 1. The van der Waals surface area contributed by atoms with E-state index in [1.807, 2.05) is 50.5 Å². The summed E-state index contributed by atoms with van der Waals surface area (Å²) in [5.41, 5.74) is 4.16. The number of nitrogens with one attached hydrogen (secondary N) is 2. The van der Waals surface area contributed by atoms with E-state index in [-0.39, 0.29) is 36.6 Å². The Morgan fingerprint density at radius 3 is 2.40 bits per heavy atom. The van der Waals surface area contributed by atoms with Crippen LogP contribution in [-0.2, 0) is 20.9 Å². The van der Waals surface area contributed by atoms with Crippen LogP contribution in [0.25, 0.3) is 10.4 Å². The summed E-state index contributed by atoms with van der Waals surface area (Å²) in [6.45, 7) is 11.4. The number of likely N-dealkylation sites (tertiary alicyclic amines) is 1. The van der Waals surface area contributed by atoms with Gasteiger partial charge in [0.2, 0.25) is 17.7 Å². The molecule has 2 aromatic rings. The average Bonchev–Trinajstić information content (AvgIpc) is 3.40. The molecule has 0 aliphatic carbocycles. The molecule has 1 fully saturated rings. The Balaban J connectivity index is 1.66. The van der Waals surface area contributed by atoms with Crippen molar-refractivity contribution in [1.82, 2.24) is 20.5 Å². The van der Waals surface area contributed by atoms with E-state index in [1.165, 1.54) is 4.90 Å². The second kappa shape index (κ2) is 10.9. The standard InChI is InChI=1S/C26H36N4O4S/c1-15(2)21(29-25(34)26(4,5)6)24(33)30-13-19(31)11-20(30)23(32)27-12-17-7-9-18(10-8-17)22-16(3)28-14-35-22/h7-10,14-15,19-21,31H,11-13H2,1-6H3,(H,27,32)(H,29,34)/t19-,20+,21+/m1/s1. The first-order valence-electron chi connectivity index (χ1n) is 11.9. The summed E-state index contributed by atoms with van der Waals surface area (Å²) in [4.78, 5) is 45.8. The molecule has 1 aliphatic rings. The van der Waals surface area contributed by atoms with Gasteiger partial charge in [-0.25, -0.2) is 4.98 Å². The molecule has 0 saturated carbocycles. The number of carbonyl (C=O) groups excluding carboxylic acids is 3. The number of rotatable bonds is 7. The summed E-state index contributed by atoms with van der Waals surface area (Å²) in [6.07, 6.45) is -0.623. The molecule has 0 radical (unpaired) electrons. The number of aryl methyl sites for hydroxylation is 1. The highest BCUT2D eigenvalue weighted by Gasteiger charge is 2.42. The fourth-order valence-corrected chi connectivity index (χ4v) is 4.83. The van der Waals surface area contributed by atoms with Gasteiger partial charge in [0.15, 0.2) is 0 Å². The number of aliphatic hydroxyl groups is 1. The van der Waals surface area contributed by atoms with Gasteiger partial charge in [0.25, 0.3) is 0 Å². The number of aromatic nitrogens is 1. The van der Waals surface area contributed by atoms with Crippen molar-refractivity contribution in [3.8, 4) is 10.4 Å². The first-order chi connectivity index (χ1) is 16.4. The second-order valence-electron chi connectivity index (χ2n) is 10.5. The van der Waals surface area contributed by atoms with Crippen molar-refractivity contribution in [3.05, 3.63) is 41.0 Å². The molecule has 0 spiro atoms. The van der Waals surface area contributed by atoms with Gasteiger partial charge in [-0.3, -0.25) is 14.4 Å². The molecule has 190 valence electrons. The fourth-order valence-electron chi connectivity index (χ4n) is 4.02. The molecular formula is C26H36N4O4S. The number of aliphatic hydroxyl groups excluding tert-OH is 1. The van der Waals surface area contributed by atoms with E-state index in [0.29, 0.717) is 6.54 Å². The summed E-state index contributed by atoms with van der Waals surface area (Å²) in [5.74, 6) is -1.07. The quantitative estimate of drug-likeness (QED) is 0.541. The summed E-state index contributed by atoms with van der Waals surface area (Å²) in [6, 6.07) is 6.36. The van der Waals surface area contributed by atoms with Gasteiger partial charge in [-0.15, -0.1) is 11.3 Å². The predicted octanol–water partition coefficient (Wildman–Crippen LogP) is 2.88. The third-order valence-corrected chi connectivity index (χ3v) is 7.17. The minimum Gasteiger partial charge on any atom is -0.391 e. The molecule has 1 aliphatic heterocycles. The molecule has 3 atom stereocenters. The summed E-state index contributed by atoms with van der Waals surface area (Å²) in [5, 5.41) is 16.0. The molecule has 35 heavy (non-hydrogen) atoms. The van der Waals surface area contributed by atoms with Gasteiger partial charge in [0.05, 0.1) is 22.2 Å². The zero-order chi connectivity index (χ0) is 25.9. The van der Waals surface area contributed by atoms with Crippen LogP contribution in [0.15, 0.2) is 29.8 Å². The Hall–Kier alpha value is -2.78. The Bertz CT molecular complexity index is 1060. The minimum atomic E-state index is -0.789. The van der Waals surface area contributed by atoms with Crippen molar-refractivity contribution in [2.75, 3.05) is 6.54 Å². The SMILES string of the molecule is Cc1ncsc1-c1ccc(CNC(=O)[C@@H]2C[C@@H](O)CN2C(=O)[C@@H](NC(=O)C(C)(C)C)C(C)C)cc1. The van der Waals surface area contributed by atoms with Gasteiger partial charge in [-0.1, -0.05) is 58.9 Å². The minimum absolute atomic E-state index is 0.0639. The molecule has 3 N–H and O–H groups in total. The van der Waals surface area contributed by atoms with Crippen LogP contribution in [0.4, 0.5) is 0 Å². The van der Waals surface area contributed by atoms with Crippen molar-refractivity contribution in [1.29, 1.82) is 0 Å². The normalized spacial score (nSPS) is 19.0. The Morgan fingerprint density at radius 2 is 1.86 bits per heavy atom. The molecule has 2 heterocycles. The van der Waals surface area contributed by atoms with E-state index >= 15 is 0 Å². The van der Waals surface area contributed by atoms with Gasteiger partial charge in [0.1, 0.15) is 12.1 Å². The highest BCUT2D eigenvalue weighted by atomic mass is 32.1. The third kappa shape index (κ3) is 6.46. The first-order valence-corrected chi connectivity index (χ1v) is 12.8. The van der Waals surface area contributed by atoms with Crippen molar-refractivity contribution >= 4 is 29.1 Å². The Labute approximate surface area is 211 Å². The summed E-state index contributed by atoms with van der Waals surface area (Å²) in [7, 11) is 0. The van der Waals surface area contributed by atoms with Gasteiger partial charge in [-0.05, 0) is 24.0 Å². The number of hydrogen-bond acceptors (Lipinski definition) is 6. The number of nitrogens with zero attached hydrogens (tertiary/aromatic N) is 2. The molecule has 9 heteroatoms. The fraction of sp³-hybridized carbons (Fsp3) is 0.538. The molecule has 0 bridgehead atoms. The number of carbonyl (C=O) groups is 3. The lowest BCUT2D eigenvalue weighted by Crippen LogP contribution is -2.56. The Morgan fingerprint density at radius 1 is 1.20 bits per heavy atom. The van der Waals surface area contributed by atoms with Crippen molar-refractivity contribution in [2.24, 2.45) is 11.3 Å². The Kier molecular flexibility index (Phi) is 8.33. The average molecular weight is 501 g/mol. The van der Waals surface area contributed by atoms with Gasteiger partial charge < -0.3 is 20.6 Å². The molecule has 8 nitrogen and oxygen atoms in total. The molecule has 1 saturated heterocycles. The van der Waals surface area contributed by atoms with Crippen LogP contribution < -0.4 is 10.6 Å². The second-order valence-corrected chi connectivity index (χ2v) is 11.4. The zero-order valence-corrected chi connectivity index (χ0v) is 22.1. The summed E-state index contributed by atoms with van der Waals surface area (Å²) < 4.78 is 0. The van der Waals surface area contributed by atoms with E-state index in [0.717, 1.165) is 21.7 Å². The smallest absolute Gasteiger partial charge is 0.246 e. The van der Waals surface area contributed by atoms with E-state index in [4.69, 9.17) is 0 Å². The largest absolute Gasteiger partial charge is 0.391 e. The lowest BCUT2D eigenvalue weighted by atomic mass is 9.93. The summed E-state index contributed by atoms with van der Waals surface area (Å²) >= 11 is 1.59. The number of amides is 3. The predicted molar refractivity (Wildman–Crippen MR) is 136 cm³/mol. The number of benzene rings is 1. The molecular weight excluding hydrogens is 464 g/mol. The van der Waals surface area contributed by atoms with Gasteiger partial charge in [0, 0.05) is 24.9 Å². The van der Waals surface area contributed by atoms with E-state index in [9.17, 15) is 19.5 Å². The van der Waals surface area contributed by atoms with Crippen LogP contribution in [0, 0.1) is 18.3 Å². The maximum absolute atomic E-state index is 13.4. The van der Waals surface area contributed by atoms with Crippen LogP contribution in [0.2, 0.25) is 0 Å². The first kappa shape index (κ1) is 26.8. The lowest BCUT2D eigenvalue weighted by Gasteiger charge is -2.32. The van der Waals surface area contributed by atoms with Crippen LogP contribution in [-0.4, -0.2) is 57.4 Å². The van der Waals surface area contributed by atoms with Crippen LogP contribution in [0.3, 0.4) is 0 Å². The van der Waals surface area contributed by atoms with Crippen LogP contribution in [0.5, 0.6) is 0 Å². The maximum Gasteiger partial charge on any atom is 0.246 e. The molecule has 3 amide bonds. The highest BCUT2D eigenvalue weighted by molar-refractivity contribution is 7.13. The van der Waals surface area contributed by atoms with Crippen molar-refractivity contribution < 1.29 is 19.5 Å². The molecule has 0 unspecified atom stereocenters. The number of hydrogen-bond donors (Lipinski definition) is 3. The highest BCUT2D eigenvalue weighted by Crippen LogP contribution is 2.27. The molecule has 1 aromatic heterocycles. The third-order valence-electron chi connectivity index (χ3n) is 6.19. The van der Waals surface area contributed by atoms with Crippen molar-refractivity contribution in [3.63, 3.8) is 0 Å². The van der Waals surface area contributed by atoms with Crippen LogP contribution in [0.1, 0.15) is 52.3 Å². The number of β-amino-alcohol motifs (C(OH)–C–C–N with tert-alkyl or cyclic N) is 1. The zero-order valence-electron chi connectivity index (χ0n) is 21.3.